The van der Waals surface area contributed by atoms with Gasteiger partial charge in [-0.25, -0.2) is 4.79 Å². The molecule has 0 unspecified atom stereocenters. The molecule has 1 amide bonds. The Kier molecular flexibility index (Phi) is 6.50. The number of amides is 1. The van der Waals surface area contributed by atoms with Gasteiger partial charge in [0.2, 0.25) is 0 Å². The SMILES string of the molecule is CCOC(=O)c1c(NC(=O)[C@@H](CC)Oc2ccccc2)sc2c1CCCC2. The van der Waals surface area contributed by atoms with E-state index in [0.29, 0.717) is 29.3 Å². The third-order valence-corrected chi connectivity index (χ3v) is 5.78. The summed E-state index contributed by atoms with van der Waals surface area (Å²) in [5, 5.41) is 3.52. The Morgan fingerprint density at radius 2 is 1.89 bits per heavy atom. The van der Waals surface area contributed by atoms with Crippen molar-refractivity contribution in [3.05, 3.63) is 46.3 Å². The van der Waals surface area contributed by atoms with Gasteiger partial charge in [0.1, 0.15) is 10.8 Å². The second-order valence-electron chi connectivity index (χ2n) is 6.45. The average molecular weight is 388 g/mol. The van der Waals surface area contributed by atoms with Gasteiger partial charge in [0.15, 0.2) is 6.10 Å². The van der Waals surface area contributed by atoms with E-state index in [0.717, 1.165) is 31.2 Å². The van der Waals surface area contributed by atoms with Crippen molar-refractivity contribution in [2.24, 2.45) is 0 Å². The molecular formula is C21H25NO4S. The molecule has 1 aromatic heterocycles. The highest BCUT2D eigenvalue weighted by Gasteiger charge is 2.29. The molecule has 1 atom stereocenters. The molecule has 1 aliphatic carbocycles. The van der Waals surface area contributed by atoms with Gasteiger partial charge in [0.25, 0.3) is 5.91 Å². The molecule has 3 rings (SSSR count). The Balaban J connectivity index is 1.82. The summed E-state index contributed by atoms with van der Waals surface area (Å²) in [5.41, 5.74) is 1.57. The highest BCUT2D eigenvalue weighted by Crippen LogP contribution is 2.38. The van der Waals surface area contributed by atoms with Crippen LogP contribution in [-0.4, -0.2) is 24.6 Å². The number of benzene rings is 1. The van der Waals surface area contributed by atoms with Crippen molar-refractivity contribution >= 4 is 28.2 Å². The summed E-state index contributed by atoms with van der Waals surface area (Å²) in [6, 6.07) is 9.28. The smallest absolute Gasteiger partial charge is 0.341 e. The zero-order valence-electron chi connectivity index (χ0n) is 15.7. The summed E-state index contributed by atoms with van der Waals surface area (Å²) in [6.07, 6.45) is 3.87. The number of thiophene rings is 1. The van der Waals surface area contributed by atoms with Crippen LogP contribution >= 0.6 is 11.3 Å². The molecule has 0 saturated carbocycles. The first-order chi connectivity index (χ1) is 13.1. The number of nitrogens with one attached hydrogen (secondary N) is 1. The molecule has 27 heavy (non-hydrogen) atoms. The van der Waals surface area contributed by atoms with Crippen LogP contribution in [0.2, 0.25) is 0 Å². The number of ether oxygens (including phenoxy) is 2. The molecule has 0 saturated heterocycles. The van der Waals surface area contributed by atoms with Gasteiger partial charge in [-0.05, 0) is 56.7 Å². The third-order valence-electron chi connectivity index (χ3n) is 4.57. The van der Waals surface area contributed by atoms with Crippen molar-refractivity contribution in [1.82, 2.24) is 0 Å². The number of hydrogen-bond acceptors (Lipinski definition) is 5. The summed E-state index contributed by atoms with van der Waals surface area (Å²) >= 11 is 1.49. The van der Waals surface area contributed by atoms with Gasteiger partial charge in [-0.1, -0.05) is 25.1 Å². The molecule has 0 radical (unpaired) electrons. The van der Waals surface area contributed by atoms with E-state index in [-0.39, 0.29) is 11.9 Å². The van der Waals surface area contributed by atoms with Crippen LogP contribution in [0.5, 0.6) is 5.75 Å². The van der Waals surface area contributed by atoms with Crippen molar-refractivity contribution in [1.29, 1.82) is 0 Å². The Bertz CT molecular complexity index is 800. The average Bonchev–Trinajstić information content (AvgIpc) is 3.04. The first-order valence-electron chi connectivity index (χ1n) is 9.48. The molecule has 144 valence electrons. The zero-order chi connectivity index (χ0) is 19.2. The number of para-hydroxylation sites is 1. The van der Waals surface area contributed by atoms with Gasteiger partial charge < -0.3 is 14.8 Å². The molecule has 1 aliphatic rings. The standard InChI is InChI=1S/C21H25NO4S/c1-3-16(26-14-10-6-5-7-11-14)19(23)22-20-18(21(24)25-4-2)15-12-8-9-13-17(15)27-20/h5-7,10-11,16H,3-4,8-9,12-13H2,1-2H3,(H,22,23)/t16-/m1/s1. The zero-order valence-corrected chi connectivity index (χ0v) is 16.6. The Hall–Kier alpha value is -2.34. The summed E-state index contributed by atoms with van der Waals surface area (Å²) in [5.74, 6) is 0.0466. The molecule has 2 aromatic rings. The Morgan fingerprint density at radius 3 is 2.59 bits per heavy atom. The van der Waals surface area contributed by atoms with Crippen LogP contribution in [0.1, 0.15) is 53.9 Å². The lowest BCUT2D eigenvalue weighted by atomic mass is 9.95. The Morgan fingerprint density at radius 1 is 1.15 bits per heavy atom. The quantitative estimate of drug-likeness (QED) is 0.705. The van der Waals surface area contributed by atoms with Crippen molar-refractivity contribution in [3.8, 4) is 5.75 Å². The van der Waals surface area contributed by atoms with Gasteiger partial charge >= 0.3 is 5.97 Å². The van der Waals surface area contributed by atoms with Crippen molar-refractivity contribution in [2.45, 2.75) is 52.1 Å². The van der Waals surface area contributed by atoms with Crippen LogP contribution < -0.4 is 10.1 Å². The molecule has 5 nitrogen and oxygen atoms in total. The first kappa shape index (κ1) is 19.4. The van der Waals surface area contributed by atoms with E-state index in [1.807, 2.05) is 37.3 Å². The number of carbonyl (C=O) groups excluding carboxylic acids is 2. The number of aryl methyl sites for hydroxylation is 1. The lowest BCUT2D eigenvalue weighted by Gasteiger charge is -2.17. The van der Waals surface area contributed by atoms with Crippen molar-refractivity contribution in [2.75, 3.05) is 11.9 Å². The third kappa shape index (κ3) is 4.50. The second-order valence-corrected chi connectivity index (χ2v) is 7.56. The van der Waals surface area contributed by atoms with Crippen LogP contribution in [0.15, 0.2) is 30.3 Å². The van der Waals surface area contributed by atoms with Crippen molar-refractivity contribution in [3.63, 3.8) is 0 Å². The molecule has 0 spiro atoms. The van der Waals surface area contributed by atoms with E-state index in [2.05, 4.69) is 5.32 Å². The maximum atomic E-state index is 12.8. The van der Waals surface area contributed by atoms with E-state index in [9.17, 15) is 9.59 Å². The molecule has 0 bridgehead atoms. The Labute approximate surface area is 163 Å². The largest absolute Gasteiger partial charge is 0.481 e. The lowest BCUT2D eigenvalue weighted by Crippen LogP contribution is -2.32. The summed E-state index contributed by atoms with van der Waals surface area (Å²) < 4.78 is 11.1. The minimum atomic E-state index is -0.624. The van der Waals surface area contributed by atoms with E-state index in [1.54, 1.807) is 6.92 Å². The van der Waals surface area contributed by atoms with Crippen LogP contribution in [0.4, 0.5) is 5.00 Å². The van der Waals surface area contributed by atoms with Gasteiger partial charge in [-0.3, -0.25) is 4.79 Å². The maximum Gasteiger partial charge on any atom is 0.341 e. The minimum Gasteiger partial charge on any atom is -0.481 e. The molecule has 1 N–H and O–H groups in total. The molecule has 1 aromatic carbocycles. The van der Waals surface area contributed by atoms with E-state index in [1.165, 1.54) is 16.2 Å². The number of hydrogen-bond donors (Lipinski definition) is 1. The number of carbonyl (C=O) groups is 2. The topological polar surface area (TPSA) is 64.6 Å². The van der Waals surface area contributed by atoms with Crippen LogP contribution in [0.25, 0.3) is 0 Å². The van der Waals surface area contributed by atoms with Crippen LogP contribution in [-0.2, 0) is 22.4 Å². The number of esters is 1. The number of fused-ring (bicyclic) bond motifs is 1. The van der Waals surface area contributed by atoms with E-state index in [4.69, 9.17) is 9.47 Å². The predicted molar refractivity (Wildman–Crippen MR) is 107 cm³/mol. The summed E-state index contributed by atoms with van der Waals surface area (Å²) in [4.78, 5) is 26.5. The monoisotopic (exact) mass is 387 g/mol. The van der Waals surface area contributed by atoms with Gasteiger partial charge in [0, 0.05) is 4.88 Å². The maximum absolute atomic E-state index is 12.8. The van der Waals surface area contributed by atoms with E-state index >= 15 is 0 Å². The van der Waals surface area contributed by atoms with Gasteiger partial charge in [0.05, 0.1) is 12.2 Å². The predicted octanol–water partition coefficient (Wildman–Crippen LogP) is 4.60. The molecule has 1 heterocycles. The highest BCUT2D eigenvalue weighted by atomic mass is 32.1. The van der Waals surface area contributed by atoms with Crippen LogP contribution in [0.3, 0.4) is 0 Å². The van der Waals surface area contributed by atoms with Gasteiger partial charge in [-0.2, -0.15) is 0 Å². The summed E-state index contributed by atoms with van der Waals surface area (Å²) in [7, 11) is 0. The van der Waals surface area contributed by atoms with E-state index < -0.39 is 6.10 Å². The minimum absolute atomic E-state index is 0.245. The molecule has 0 aliphatic heterocycles. The second kappa shape index (κ2) is 9.04. The van der Waals surface area contributed by atoms with Gasteiger partial charge in [-0.15, -0.1) is 11.3 Å². The normalized spacial score (nSPS) is 14.1. The van der Waals surface area contributed by atoms with Crippen molar-refractivity contribution < 1.29 is 19.1 Å². The number of anilines is 1. The molecule has 0 fully saturated rings. The first-order valence-corrected chi connectivity index (χ1v) is 10.3. The molecular weight excluding hydrogens is 362 g/mol. The molecule has 6 heteroatoms. The summed E-state index contributed by atoms with van der Waals surface area (Å²) in [6.45, 7) is 4.00. The number of rotatable bonds is 7. The fraction of sp³-hybridized carbons (Fsp3) is 0.429. The fourth-order valence-corrected chi connectivity index (χ4v) is 4.53. The lowest BCUT2D eigenvalue weighted by molar-refractivity contribution is -0.122. The highest BCUT2D eigenvalue weighted by molar-refractivity contribution is 7.17. The fourth-order valence-electron chi connectivity index (χ4n) is 3.25. The van der Waals surface area contributed by atoms with Crippen LogP contribution in [0, 0.1) is 0 Å².